The van der Waals surface area contributed by atoms with E-state index in [1.54, 1.807) is 23.5 Å². The molecule has 2 aliphatic rings. The standard InChI is InChI=1S/C17H16BrClN2O3S/c18-15-2-1-12(25-15)9-20-3-5-21(6-4-20)17(22)11-7-13(19)16-14(8-11)23-10-24-16/h1-2,7-8H,3-6,9-10H2. The molecule has 1 aromatic carbocycles. The lowest BCUT2D eigenvalue weighted by atomic mass is 10.1. The van der Waals surface area contributed by atoms with Gasteiger partial charge in [0.05, 0.1) is 8.81 Å². The Bertz CT molecular complexity index is 805. The zero-order chi connectivity index (χ0) is 17.4. The fourth-order valence-corrected chi connectivity index (χ4v) is 4.83. The minimum atomic E-state index is -0.0151. The molecule has 132 valence electrons. The van der Waals surface area contributed by atoms with E-state index in [0.29, 0.717) is 35.2 Å². The molecule has 2 aliphatic heterocycles. The van der Waals surface area contributed by atoms with Gasteiger partial charge in [-0.15, -0.1) is 11.3 Å². The Labute approximate surface area is 163 Å². The molecule has 0 saturated carbocycles. The number of ether oxygens (including phenoxy) is 2. The number of carbonyl (C=O) groups excluding carboxylic acids is 1. The maximum absolute atomic E-state index is 12.8. The summed E-state index contributed by atoms with van der Waals surface area (Å²) in [7, 11) is 0. The molecule has 1 aromatic heterocycles. The van der Waals surface area contributed by atoms with E-state index in [1.807, 2.05) is 4.90 Å². The number of thiophene rings is 1. The third-order valence-electron chi connectivity index (χ3n) is 4.34. The van der Waals surface area contributed by atoms with Crippen molar-refractivity contribution < 1.29 is 14.3 Å². The molecule has 8 heteroatoms. The van der Waals surface area contributed by atoms with Crippen LogP contribution in [-0.4, -0.2) is 48.7 Å². The number of hydrogen-bond acceptors (Lipinski definition) is 5. The van der Waals surface area contributed by atoms with Crippen LogP contribution in [0.5, 0.6) is 11.5 Å². The van der Waals surface area contributed by atoms with Crippen molar-refractivity contribution in [2.45, 2.75) is 6.54 Å². The molecule has 2 aromatic rings. The zero-order valence-electron chi connectivity index (χ0n) is 13.3. The quantitative estimate of drug-likeness (QED) is 0.723. The highest BCUT2D eigenvalue weighted by Crippen LogP contribution is 2.40. The van der Waals surface area contributed by atoms with Gasteiger partial charge in [-0.1, -0.05) is 11.6 Å². The fraction of sp³-hybridized carbons (Fsp3) is 0.353. The molecule has 0 unspecified atom stereocenters. The maximum atomic E-state index is 12.8. The van der Waals surface area contributed by atoms with Crippen LogP contribution in [0, 0.1) is 0 Å². The van der Waals surface area contributed by atoms with Crippen LogP contribution in [0.15, 0.2) is 28.1 Å². The lowest BCUT2D eigenvalue weighted by Crippen LogP contribution is -2.48. The number of hydrogen-bond donors (Lipinski definition) is 0. The van der Waals surface area contributed by atoms with E-state index in [4.69, 9.17) is 21.1 Å². The van der Waals surface area contributed by atoms with Crippen LogP contribution >= 0.6 is 38.9 Å². The van der Waals surface area contributed by atoms with Crippen molar-refractivity contribution in [1.29, 1.82) is 0 Å². The number of fused-ring (bicyclic) bond motifs is 1. The molecule has 0 spiro atoms. The summed E-state index contributed by atoms with van der Waals surface area (Å²) in [4.78, 5) is 18.3. The van der Waals surface area contributed by atoms with E-state index in [-0.39, 0.29) is 12.7 Å². The molecule has 0 radical (unpaired) electrons. The van der Waals surface area contributed by atoms with E-state index in [9.17, 15) is 4.79 Å². The van der Waals surface area contributed by atoms with Gasteiger partial charge in [-0.3, -0.25) is 9.69 Å². The molecule has 0 bridgehead atoms. The summed E-state index contributed by atoms with van der Waals surface area (Å²) in [6.45, 7) is 4.20. The molecule has 0 N–H and O–H groups in total. The number of amides is 1. The Morgan fingerprint density at radius 1 is 1.20 bits per heavy atom. The molecule has 0 aliphatic carbocycles. The Hall–Kier alpha value is -1.28. The number of nitrogens with zero attached hydrogens (tertiary/aromatic N) is 2. The van der Waals surface area contributed by atoms with Gasteiger partial charge in [0.1, 0.15) is 0 Å². The highest BCUT2D eigenvalue weighted by molar-refractivity contribution is 9.11. The minimum absolute atomic E-state index is 0.0151. The molecule has 1 saturated heterocycles. The molecule has 0 atom stereocenters. The van der Waals surface area contributed by atoms with Gasteiger partial charge >= 0.3 is 0 Å². The number of halogens is 2. The first kappa shape index (κ1) is 17.1. The van der Waals surface area contributed by atoms with E-state index >= 15 is 0 Å². The zero-order valence-corrected chi connectivity index (χ0v) is 16.5. The third-order valence-corrected chi connectivity index (χ3v) is 6.23. The van der Waals surface area contributed by atoms with Gasteiger partial charge in [-0.2, -0.15) is 0 Å². The number of carbonyl (C=O) groups is 1. The molecular weight excluding hydrogens is 428 g/mol. The van der Waals surface area contributed by atoms with E-state index in [2.05, 4.69) is 33.0 Å². The second-order valence-electron chi connectivity index (χ2n) is 5.97. The second kappa shape index (κ2) is 7.15. The average Bonchev–Trinajstić information content (AvgIpc) is 3.24. The SMILES string of the molecule is O=C(c1cc(Cl)c2c(c1)OCO2)N1CCN(Cc2ccc(Br)s2)CC1. The Balaban J connectivity index is 1.39. The molecule has 1 amide bonds. The molecule has 5 nitrogen and oxygen atoms in total. The van der Waals surface area contributed by atoms with Crippen molar-refractivity contribution in [1.82, 2.24) is 9.80 Å². The topological polar surface area (TPSA) is 42.0 Å². The smallest absolute Gasteiger partial charge is 0.254 e. The minimum Gasteiger partial charge on any atom is -0.454 e. The highest BCUT2D eigenvalue weighted by atomic mass is 79.9. The van der Waals surface area contributed by atoms with Gasteiger partial charge < -0.3 is 14.4 Å². The van der Waals surface area contributed by atoms with Crippen molar-refractivity contribution >= 4 is 44.8 Å². The first-order valence-corrected chi connectivity index (χ1v) is 9.94. The van der Waals surface area contributed by atoms with Crippen molar-refractivity contribution in [3.8, 4) is 11.5 Å². The van der Waals surface area contributed by atoms with Gasteiger partial charge in [0.15, 0.2) is 11.5 Å². The van der Waals surface area contributed by atoms with Crippen LogP contribution in [0.1, 0.15) is 15.2 Å². The summed E-state index contributed by atoms with van der Waals surface area (Å²) in [5.41, 5.74) is 0.546. The fourth-order valence-electron chi connectivity index (χ4n) is 3.04. The third kappa shape index (κ3) is 3.65. The van der Waals surface area contributed by atoms with Crippen LogP contribution in [0.2, 0.25) is 5.02 Å². The van der Waals surface area contributed by atoms with Crippen LogP contribution < -0.4 is 9.47 Å². The molecule has 3 heterocycles. The predicted molar refractivity (Wildman–Crippen MR) is 101 cm³/mol. The molecule has 25 heavy (non-hydrogen) atoms. The number of benzene rings is 1. The predicted octanol–water partition coefficient (Wildman–Crippen LogP) is 3.85. The molecule has 4 rings (SSSR count). The first-order valence-electron chi connectivity index (χ1n) is 7.95. The lowest BCUT2D eigenvalue weighted by Gasteiger charge is -2.34. The first-order chi connectivity index (χ1) is 12.1. The highest BCUT2D eigenvalue weighted by Gasteiger charge is 2.26. The Kier molecular flexibility index (Phi) is 4.90. The van der Waals surface area contributed by atoms with E-state index in [0.717, 1.165) is 23.4 Å². The van der Waals surface area contributed by atoms with Gasteiger partial charge in [0.2, 0.25) is 6.79 Å². The summed E-state index contributed by atoms with van der Waals surface area (Å²) in [6.07, 6.45) is 0. The summed E-state index contributed by atoms with van der Waals surface area (Å²) < 4.78 is 11.8. The Morgan fingerprint density at radius 3 is 2.72 bits per heavy atom. The van der Waals surface area contributed by atoms with Crippen molar-refractivity contribution in [3.63, 3.8) is 0 Å². The summed E-state index contributed by atoms with van der Waals surface area (Å²) in [5.74, 6) is 1.04. The van der Waals surface area contributed by atoms with Crippen molar-refractivity contribution in [2.24, 2.45) is 0 Å². The van der Waals surface area contributed by atoms with E-state index < -0.39 is 0 Å². The average molecular weight is 444 g/mol. The normalized spacial score (nSPS) is 17.1. The molecule has 1 fully saturated rings. The summed E-state index contributed by atoms with van der Waals surface area (Å²) in [6, 6.07) is 7.59. The monoisotopic (exact) mass is 442 g/mol. The molecular formula is C17H16BrClN2O3S. The van der Waals surface area contributed by atoms with Gasteiger partial charge in [-0.25, -0.2) is 0 Å². The van der Waals surface area contributed by atoms with Crippen LogP contribution in [0.25, 0.3) is 0 Å². The Morgan fingerprint density at radius 2 is 2.00 bits per heavy atom. The second-order valence-corrected chi connectivity index (χ2v) is 8.92. The van der Waals surface area contributed by atoms with Crippen LogP contribution in [-0.2, 0) is 6.54 Å². The maximum Gasteiger partial charge on any atom is 0.254 e. The largest absolute Gasteiger partial charge is 0.454 e. The van der Waals surface area contributed by atoms with Gasteiger partial charge in [-0.05, 0) is 40.2 Å². The summed E-state index contributed by atoms with van der Waals surface area (Å²) >= 11 is 11.4. The number of piperazine rings is 1. The lowest BCUT2D eigenvalue weighted by molar-refractivity contribution is 0.0629. The van der Waals surface area contributed by atoms with Crippen LogP contribution in [0.3, 0.4) is 0 Å². The van der Waals surface area contributed by atoms with Crippen molar-refractivity contribution in [3.05, 3.63) is 43.5 Å². The van der Waals surface area contributed by atoms with E-state index in [1.165, 1.54) is 4.88 Å². The summed E-state index contributed by atoms with van der Waals surface area (Å²) in [5, 5.41) is 0.417. The van der Waals surface area contributed by atoms with Gasteiger partial charge in [0, 0.05) is 43.2 Å². The van der Waals surface area contributed by atoms with Crippen molar-refractivity contribution in [2.75, 3.05) is 33.0 Å². The van der Waals surface area contributed by atoms with Crippen LogP contribution in [0.4, 0.5) is 0 Å². The number of rotatable bonds is 3. The van der Waals surface area contributed by atoms with Gasteiger partial charge in [0.25, 0.3) is 5.91 Å².